The van der Waals surface area contributed by atoms with Gasteiger partial charge in [0, 0.05) is 35.3 Å². The Morgan fingerprint density at radius 2 is 1.63 bits per heavy atom. The summed E-state index contributed by atoms with van der Waals surface area (Å²) in [6.45, 7) is -1.34. The van der Waals surface area contributed by atoms with E-state index in [0.717, 1.165) is 0 Å². The van der Waals surface area contributed by atoms with Crippen LogP contribution in [0.4, 0.5) is 19.1 Å². The van der Waals surface area contributed by atoms with E-state index in [2.05, 4.69) is 15.0 Å². The first-order valence-electron chi connectivity index (χ1n) is 7.69. The van der Waals surface area contributed by atoms with Gasteiger partial charge >= 0.3 is 6.18 Å². The molecular weight excluding hydrogens is 379 g/mol. The highest BCUT2D eigenvalue weighted by molar-refractivity contribution is 7.83. The Morgan fingerprint density at radius 1 is 0.963 bits per heavy atom. The summed E-state index contributed by atoms with van der Waals surface area (Å²) in [5, 5.41) is 0. The minimum absolute atomic E-state index is 0.151. The summed E-state index contributed by atoms with van der Waals surface area (Å²) in [6, 6.07) is 9.95. The normalized spacial score (nSPS) is 12.7. The number of hydrogen-bond acceptors (Lipinski definition) is 5. The number of aromatic nitrogens is 3. The fourth-order valence-corrected chi connectivity index (χ4v) is 3.32. The molecule has 3 N–H and O–H groups in total. The summed E-state index contributed by atoms with van der Waals surface area (Å²) in [4.78, 5) is 12.4. The van der Waals surface area contributed by atoms with Crippen LogP contribution >= 0.6 is 0 Å². The molecule has 0 bridgehead atoms. The average molecular weight is 393 g/mol. The Kier molecular flexibility index (Phi) is 5.47. The minimum atomic E-state index is -4.45. The molecular formula is C17H14F3N5OS. The molecule has 140 valence electrons. The molecule has 3 aromatic rings. The van der Waals surface area contributed by atoms with Gasteiger partial charge in [0.15, 0.2) is 0 Å². The molecule has 27 heavy (non-hydrogen) atoms. The molecule has 0 fully saturated rings. The second kappa shape index (κ2) is 7.80. The van der Waals surface area contributed by atoms with Crippen LogP contribution in [0.15, 0.2) is 59.9 Å². The van der Waals surface area contributed by atoms with Gasteiger partial charge in [-0.15, -0.1) is 0 Å². The van der Waals surface area contributed by atoms with E-state index in [4.69, 9.17) is 5.73 Å². The summed E-state index contributed by atoms with van der Waals surface area (Å²) < 4.78 is 51.3. The summed E-state index contributed by atoms with van der Waals surface area (Å²) in [7, 11) is -2.02. The summed E-state index contributed by atoms with van der Waals surface area (Å²) in [5.74, 6) is 0.151. The zero-order valence-electron chi connectivity index (χ0n) is 13.8. The quantitative estimate of drug-likeness (QED) is 0.695. The number of benzene rings is 1. The van der Waals surface area contributed by atoms with Gasteiger partial charge in [-0.2, -0.15) is 13.2 Å². The standard InChI is InChI=1S/C17H14F3N5OS/c18-17(19,20)10-25-27(26)15-4-2-1-3-13(15)11-5-6-14(22-7-11)12-8-23-16(21)24-9-12/h1-9,25H,10H2,(H2,21,23,24). The van der Waals surface area contributed by atoms with Crippen LogP contribution in [0.3, 0.4) is 0 Å². The number of alkyl halides is 3. The van der Waals surface area contributed by atoms with Crippen LogP contribution in [-0.4, -0.2) is 31.9 Å². The van der Waals surface area contributed by atoms with E-state index in [9.17, 15) is 17.4 Å². The molecule has 10 heteroatoms. The number of hydrogen-bond donors (Lipinski definition) is 2. The maximum atomic E-state index is 12.4. The first kappa shape index (κ1) is 18.9. The predicted octanol–water partition coefficient (Wildman–Crippen LogP) is 2.96. The zero-order valence-corrected chi connectivity index (χ0v) is 14.6. The molecule has 3 rings (SSSR count). The number of halogens is 3. The van der Waals surface area contributed by atoms with Gasteiger partial charge in [-0.1, -0.05) is 24.3 Å². The van der Waals surface area contributed by atoms with Crippen molar-refractivity contribution in [1.82, 2.24) is 19.7 Å². The van der Waals surface area contributed by atoms with Gasteiger partial charge in [0.1, 0.15) is 17.5 Å². The van der Waals surface area contributed by atoms with Crippen molar-refractivity contribution < 1.29 is 17.4 Å². The molecule has 1 aromatic carbocycles. The number of anilines is 1. The largest absolute Gasteiger partial charge is 0.402 e. The molecule has 0 amide bonds. The number of nitrogen functional groups attached to an aromatic ring is 1. The average Bonchev–Trinajstić information content (AvgIpc) is 2.66. The Labute approximate surface area is 155 Å². The third kappa shape index (κ3) is 4.86. The molecule has 0 radical (unpaired) electrons. The number of nitrogens with two attached hydrogens (primary N) is 1. The maximum absolute atomic E-state index is 12.4. The van der Waals surface area contributed by atoms with E-state index >= 15 is 0 Å². The van der Waals surface area contributed by atoms with Crippen LogP contribution < -0.4 is 10.5 Å². The van der Waals surface area contributed by atoms with E-state index in [1.165, 1.54) is 18.5 Å². The fraction of sp³-hybridized carbons (Fsp3) is 0.118. The van der Waals surface area contributed by atoms with E-state index in [1.54, 1.807) is 36.5 Å². The molecule has 2 heterocycles. The smallest absolute Gasteiger partial charge is 0.368 e. The lowest BCUT2D eigenvalue weighted by Crippen LogP contribution is -2.30. The lowest BCUT2D eigenvalue weighted by atomic mass is 10.1. The Bertz CT molecular complexity index is 946. The van der Waals surface area contributed by atoms with Crippen LogP contribution in [-0.2, 0) is 11.0 Å². The number of pyridine rings is 1. The van der Waals surface area contributed by atoms with Crippen LogP contribution in [0.5, 0.6) is 0 Å². The van der Waals surface area contributed by atoms with Gasteiger partial charge in [-0.3, -0.25) is 4.98 Å². The van der Waals surface area contributed by atoms with Crippen molar-refractivity contribution in [2.24, 2.45) is 0 Å². The third-order valence-electron chi connectivity index (χ3n) is 3.53. The van der Waals surface area contributed by atoms with Crippen LogP contribution in [0.25, 0.3) is 22.4 Å². The highest BCUT2D eigenvalue weighted by atomic mass is 32.2. The van der Waals surface area contributed by atoms with Gasteiger partial charge in [0.25, 0.3) is 0 Å². The lowest BCUT2D eigenvalue weighted by Gasteiger charge is -2.12. The summed E-state index contributed by atoms with van der Waals surface area (Å²) in [6.07, 6.45) is 0.170. The van der Waals surface area contributed by atoms with Gasteiger partial charge in [-0.05, 0) is 12.1 Å². The topological polar surface area (TPSA) is 93.8 Å². The molecule has 1 atom stereocenters. The van der Waals surface area contributed by atoms with Gasteiger partial charge in [0.2, 0.25) is 5.95 Å². The first-order chi connectivity index (χ1) is 12.8. The SMILES string of the molecule is Nc1ncc(-c2ccc(-c3ccccc3S(=O)NCC(F)(F)F)cn2)cn1. The van der Waals surface area contributed by atoms with E-state index in [1.807, 2.05) is 4.72 Å². The molecule has 0 aliphatic rings. The molecule has 1 unspecified atom stereocenters. The van der Waals surface area contributed by atoms with Crippen molar-refractivity contribution in [3.8, 4) is 22.4 Å². The van der Waals surface area contributed by atoms with E-state index < -0.39 is 23.7 Å². The van der Waals surface area contributed by atoms with Crippen LogP contribution in [0.1, 0.15) is 0 Å². The molecule has 2 aromatic heterocycles. The third-order valence-corrected chi connectivity index (χ3v) is 4.69. The van der Waals surface area contributed by atoms with Crippen LogP contribution in [0, 0.1) is 0 Å². The second-order valence-corrected chi connectivity index (χ2v) is 6.73. The van der Waals surface area contributed by atoms with Crippen molar-refractivity contribution in [2.75, 3.05) is 12.3 Å². The van der Waals surface area contributed by atoms with E-state index in [0.29, 0.717) is 22.4 Å². The van der Waals surface area contributed by atoms with Crippen molar-refractivity contribution >= 4 is 16.9 Å². The monoisotopic (exact) mass is 393 g/mol. The number of nitrogens with zero attached hydrogens (tertiary/aromatic N) is 3. The van der Waals surface area contributed by atoms with Crippen molar-refractivity contribution in [3.63, 3.8) is 0 Å². The number of nitrogens with one attached hydrogen (secondary N) is 1. The minimum Gasteiger partial charge on any atom is -0.368 e. The summed E-state index contributed by atoms with van der Waals surface area (Å²) in [5.41, 5.74) is 7.87. The van der Waals surface area contributed by atoms with Crippen molar-refractivity contribution in [1.29, 1.82) is 0 Å². The maximum Gasteiger partial charge on any atom is 0.402 e. The Morgan fingerprint density at radius 3 is 2.26 bits per heavy atom. The highest BCUT2D eigenvalue weighted by Gasteiger charge is 2.28. The Hall–Kier alpha value is -2.85. The van der Waals surface area contributed by atoms with Gasteiger partial charge < -0.3 is 5.73 Å². The molecule has 0 aliphatic carbocycles. The van der Waals surface area contributed by atoms with Crippen molar-refractivity contribution in [2.45, 2.75) is 11.1 Å². The van der Waals surface area contributed by atoms with E-state index in [-0.39, 0.29) is 10.8 Å². The molecule has 6 nitrogen and oxygen atoms in total. The molecule has 0 aliphatic heterocycles. The Balaban J connectivity index is 1.86. The lowest BCUT2D eigenvalue weighted by molar-refractivity contribution is -0.121. The van der Waals surface area contributed by atoms with Crippen LogP contribution in [0.2, 0.25) is 0 Å². The van der Waals surface area contributed by atoms with Gasteiger partial charge in [0.05, 0.1) is 10.6 Å². The molecule has 0 spiro atoms. The number of rotatable bonds is 5. The summed E-state index contributed by atoms with van der Waals surface area (Å²) >= 11 is 0. The molecule has 0 saturated heterocycles. The first-order valence-corrected chi connectivity index (χ1v) is 8.84. The highest BCUT2D eigenvalue weighted by Crippen LogP contribution is 2.27. The fourth-order valence-electron chi connectivity index (χ4n) is 2.29. The predicted molar refractivity (Wildman–Crippen MR) is 95.6 cm³/mol. The second-order valence-electron chi connectivity index (χ2n) is 5.46. The van der Waals surface area contributed by atoms with Crippen molar-refractivity contribution in [3.05, 3.63) is 55.0 Å². The zero-order chi connectivity index (χ0) is 19.4. The van der Waals surface area contributed by atoms with Gasteiger partial charge in [-0.25, -0.2) is 18.9 Å². The molecule has 0 saturated carbocycles.